The fourth-order valence-corrected chi connectivity index (χ4v) is 4.38. The lowest BCUT2D eigenvalue weighted by Crippen LogP contribution is -2.47. The molecule has 8 heteroatoms. The van der Waals surface area contributed by atoms with Crippen molar-refractivity contribution in [1.82, 2.24) is 14.8 Å². The predicted octanol–water partition coefficient (Wildman–Crippen LogP) is 3.09. The van der Waals surface area contributed by atoms with Gasteiger partial charge in [-0.15, -0.1) is 0 Å². The smallest absolute Gasteiger partial charge is 0.239 e. The molecule has 1 aliphatic carbocycles. The molecule has 2 fully saturated rings. The Bertz CT molecular complexity index is 1070. The maximum atomic E-state index is 13.3. The van der Waals surface area contributed by atoms with Gasteiger partial charge in [-0.1, -0.05) is 12.1 Å². The molecular weight excluding hydrogens is 421 g/mol. The lowest BCUT2D eigenvalue weighted by Gasteiger charge is -2.32. The lowest BCUT2D eigenvalue weighted by molar-refractivity contribution is -0.123. The first-order valence-electron chi connectivity index (χ1n) is 11.5. The van der Waals surface area contributed by atoms with Crippen LogP contribution in [0.1, 0.15) is 48.1 Å². The van der Waals surface area contributed by atoms with E-state index in [4.69, 9.17) is 0 Å². The SMILES string of the molecule is Cc1c(C#N)c(NC(=O)CN2CCC(NC(=O)C3CC3)CC2)n(Cc2ccc(F)cc2)c1C. The van der Waals surface area contributed by atoms with Gasteiger partial charge in [0.15, 0.2) is 0 Å². The number of aromatic nitrogens is 1. The van der Waals surface area contributed by atoms with Gasteiger partial charge in [0.2, 0.25) is 11.8 Å². The van der Waals surface area contributed by atoms with E-state index in [0.717, 1.165) is 55.6 Å². The van der Waals surface area contributed by atoms with E-state index in [0.29, 0.717) is 17.9 Å². The Morgan fingerprint density at radius 2 is 1.79 bits per heavy atom. The topological polar surface area (TPSA) is 90.2 Å². The van der Waals surface area contributed by atoms with Gasteiger partial charge in [-0.2, -0.15) is 5.26 Å². The summed E-state index contributed by atoms with van der Waals surface area (Å²) in [7, 11) is 0. The highest BCUT2D eigenvalue weighted by atomic mass is 19.1. The van der Waals surface area contributed by atoms with Crippen molar-refractivity contribution < 1.29 is 14.0 Å². The van der Waals surface area contributed by atoms with E-state index in [1.165, 1.54) is 12.1 Å². The Morgan fingerprint density at radius 3 is 2.39 bits per heavy atom. The van der Waals surface area contributed by atoms with E-state index >= 15 is 0 Å². The number of halogens is 1. The van der Waals surface area contributed by atoms with Crippen LogP contribution in [0.4, 0.5) is 10.2 Å². The number of anilines is 1. The number of nitrogens with one attached hydrogen (secondary N) is 2. The van der Waals surface area contributed by atoms with Crippen LogP contribution in [0.5, 0.6) is 0 Å². The van der Waals surface area contributed by atoms with Gasteiger partial charge in [0.25, 0.3) is 0 Å². The first kappa shape index (κ1) is 23.0. The molecule has 0 unspecified atom stereocenters. The number of piperidine rings is 1. The second-order valence-electron chi connectivity index (χ2n) is 9.14. The average molecular weight is 452 g/mol. The molecule has 2 aromatic rings. The van der Waals surface area contributed by atoms with Gasteiger partial charge in [-0.3, -0.25) is 14.5 Å². The molecule has 1 aromatic carbocycles. The van der Waals surface area contributed by atoms with Gasteiger partial charge < -0.3 is 15.2 Å². The Hall–Kier alpha value is -3.18. The molecule has 1 saturated carbocycles. The summed E-state index contributed by atoms with van der Waals surface area (Å²) in [6.07, 6.45) is 3.65. The standard InChI is InChI=1S/C25H30FN5O2/c1-16-17(2)31(14-18-3-7-20(26)8-4-18)24(22(16)13-27)29-23(32)15-30-11-9-21(10-12-30)28-25(33)19-5-6-19/h3-4,7-8,19,21H,5-6,9-12,14-15H2,1-2H3,(H,28,33)(H,29,32). The van der Waals surface area contributed by atoms with Gasteiger partial charge in [0.05, 0.1) is 12.1 Å². The zero-order valence-corrected chi connectivity index (χ0v) is 19.2. The van der Waals surface area contributed by atoms with Crippen LogP contribution < -0.4 is 10.6 Å². The monoisotopic (exact) mass is 451 g/mol. The molecule has 33 heavy (non-hydrogen) atoms. The summed E-state index contributed by atoms with van der Waals surface area (Å²) >= 11 is 0. The summed E-state index contributed by atoms with van der Waals surface area (Å²) in [5, 5.41) is 15.8. The molecule has 0 radical (unpaired) electrons. The molecule has 2 amide bonds. The zero-order chi connectivity index (χ0) is 23.5. The fraction of sp³-hybridized carbons (Fsp3) is 0.480. The molecule has 4 rings (SSSR count). The van der Waals surface area contributed by atoms with Crippen molar-refractivity contribution in [1.29, 1.82) is 5.26 Å². The minimum atomic E-state index is -0.304. The van der Waals surface area contributed by atoms with E-state index < -0.39 is 0 Å². The highest BCUT2D eigenvalue weighted by molar-refractivity contribution is 5.93. The zero-order valence-electron chi connectivity index (χ0n) is 19.2. The molecule has 0 spiro atoms. The van der Waals surface area contributed by atoms with Crippen molar-refractivity contribution in [2.75, 3.05) is 25.0 Å². The maximum Gasteiger partial charge on any atom is 0.239 e. The molecule has 1 aromatic heterocycles. The fourth-order valence-electron chi connectivity index (χ4n) is 4.38. The number of hydrogen-bond acceptors (Lipinski definition) is 4. The molecular formula is C25H30FN5O2. The Kier molecular flexibility index (Phi) is 6.80. The van der Waals surface area contributed by atoms with E-state index in [2.05, 4.69) is 21.6 Å². The maximum absolute atomic E-state index is 13.3. The Morgan fingerprint density at radius 1 is 1.12 bits per heavy atom. The number of benzene rings is 1. The molecule has 2 N–H and O–H groups in total. The van der Waals surface area contributed by atoms with Crippen molar-refractivity contribution in [3.05, 3.63) is 52.5 Å². The van der Waals surface area contributed by atoms with Gasteiger partial charge in [-0.05, 0) is 62.8 Å². The number of nitrogens with zero attached hydrogens (tertiary/aromatic N) is 3. The van der Waals surface area contributed by atoms with E-state index in [1.807, 2.05) is 18.4 Å². The summed E-state index contributed by atoms with van der Waals surface area (Å²) < 4.78 is 15.2. The lowest BCUT2D eigenvalue weighted by atomic mass is 10.0. The van der Waals surface area contributed by atoms with Crippen molar-refractivity contribution in [2.45, 2.75) is 52.1 Å². The summed E-state index contributed by atoms with van der Waals surface area (Å²) in [4.78, 5) is 26.9. The van der Waals surface area contributed by atoms with Crippen molar-refractivity contribution in [3.8, 4) is 6.07 Å². The highest BCUT2D eigenvalue weighted by Gasteiger charge is 2.32. The second kappa shape index (κ2) is 9.75. The second-order valence-corrected chi connectivity index (χ2v) is 9.14. The number of hydrogen-bond donors (Lipinski definition) is 2. The molecule has 1 saturated heterocycles. The van der Waals surface area contributed by atoms with Crippen molar-refractivity contribution >= 4 is 17.6 Å². The van der Waals surface area contributed by atoms with Crippen LogP contribution in [0, 0.1) is 36.9 Å². The van der Waals surface area contributed by atoms with Crippen molar-refractivity contribution in [3.63, 3.8) is 0 Å². The van der Waals surface area contributed by atoms with E-state index in [1.54, 1.807) is 12.1 Å². The molecule has 0 bridgehead atoms. The van der Waals surface area contributed by atoms with Crippen LogP contribution in [0.25, 0.3) is 0 Å². The number of carbonyl (C=O) groups excluding carboxylic acids is 2. The number of amides is 2. The molecule has 7 nitrogen and oxygen atoms in total. The highest BCUT2D eigenvalue weighted by Crippen LogP contribution is 2.29. The first-order valence-corrected chi connectivity index (χ1v) is 11.5. The molecule has 2 heterocycles. The van der Waals surface area contributed by atoms with Gasteiger partial charge in [-0.25, -0.2) is 4.39 Å². The summed E-state index contributed by atoms with van der Waals surface area (Å²) in [6.45, 7) is 5.91. The number of rotatable bonds is 7. The quantitative estimate of drug-likeness (QED) is 0.677. The third-order valence-corrected chi connectivity index (χ3v) is 6.70. The minimum absolute atomic E-state index is 0.169. The Labute approximate surface area is 193 Å². The third-order valence-electron chi connectivity index (χ3n) is 6.70. The first-order chi connectivity index (χ1) is 15.9. The van der Waals surface area contributed by atoms with Gasteiger partial charge in [0.1, 0.15) is 17.7 Å². The normalized spacial score (nSPS) is 16.9. The van der Waals surface area contributed by atoms with Crippen LogP contribution in [-0.2, 0) is 16.1 Å². The summed E-state index contributed by atoms with van der Waals surface area (Å²) in [5.74, 6) is 0.378. The van der Waals surface area contributed by atoms with E-state index in [-0.39, 0.29) is 36.1 Å². The van der Waals surface area contributed by atoms with Crippen LogP contribution in [-0.4, -0.2) is 47.0 Å². The van der Waals surface area contributed by atoms with Crippen LogP contribution in [0.2, 0.25) is 0 Å². The number of likely N-dealkylation sites (tertiary alicyclic amines) is 1. The average Bonchev–Trinajstić information content (AvgIpc) is 3.62. The summed E-state index contributed by atoms with van der Waals surface area (Å²) in [5.41, 5.74) is 3.04. The predicted molar refractivity (Wildman–Crippen MR) is 123 cm³/mol. The molecule has 174 valence electrons. The van der Waals surface area contributed by atoms with Gasteiger partial charge >= 0.3 is 0 Å². The van der Waals surface area contributed by atoms with E-state index in [9.17, 15) is 19.2 Å². The third kappa shape index (κ3) is 5.42. The van der Waals surface area contributed by atoms with Crippen LogP contribution in [0.15, 0.2) is 24.3 Å². The van der Waals surface area contributed by atoms with Crippen molar-refractivity contribution in [2.24, 2.45) is 5.92 Å². The number of carbonyl (C=O) groups is 2. The summed E-state index contributed by atoms with van der Waals surface area (Å²) in [6, 6.07) is 8.61. The molecule has 2 aliphatic rings. The van der Waals surface area contributed by atoms with Gasteiger partial charge in [0, 0.05) is 37.3 Å². The molecule has 0 atom stereocenters. The Balaban J connectivity index is 1.39. The number of nitriles is 1. The minimum Gasteiger partial charge on any atom is -0.353 e. The van der Waals surface area contributed by atoms with Crippen LogP contribution in [0.3, 0.4) is 0 Å². The largest absolute Gasteiger partial charge is 0.353 e. The molecule has 1 aliphatic heterocycles. The van der Waals surface area contributed by atoms with Crippen LogP contribution >= 0.6 is 0 Å².